The number of aliphatic hydroxyl groups excluding tert-OH is 1. The number of alkyl halides is 3. The molecule has 3 N–H and O–H groups in total. The largest absolute Gasteiger partial charge is 0.573 e. The van der Waals surface area contributed by atoms with E-state index in [9.17, 15) is 26.7 Å². The molecule has 3 atom stereocenters. The molecule has 0 amide bonds. The quantitative estimate of drug-likeness (QED) is 0.473. The zero-order valence-electron chi connectivity index (χ0n) is 18.6. The Hall–Kier alpha value is -3.32. The standard InChI is InChI=1S/C24H22F3N3O5S/c25-24(26,27)35-15-9-11-16(12-10-15)36(32,33)29-17-13-28-14-20(23(17)31)30-18-5-1-3-7-21(18)34-22-8-4-2-6-19(22)30/h1-12,17,20,23,28-29,31H,13-14H2/t17?,20?,23-/m0/s1. The Morgan fingerprint density at radius 1 is 0.944 bits per heavy atom. The number of anilines is 2. The summed E-state index contributed by atoms with van der Waals surface area (Å²) >= 11 is 0. The lowest BCUT2D eigenvalue weighted by atomic mass is 9.96. The van der Waals surface area contributed by atoms with Crippen molar-refractivity contribution in [3.05, 3.63) is 72.8 Å². The van der Waals surface area contributed by atoms with Crippen molar-refractivity contribution in [2.45, 2.75) is 29.4 Å². The van der Waals surface area contributed by atoms with Gasteiger partial charge in [-0.05, 0) is 48.5 Å². The number of rotatable bonds is 5. The molecule has 190 valence electrons. The highest BCUT2D eigenvalue weighted by molar-refractivity contribution is 7.89. The molecule has 2 heterocycles. The lowest BCUT2D eigenvalue weighted by Gasteiger charge is -2.45. The van der Waals surface area contributed by atoms with Gasteiger partial charge in [-0.15, -0.1) is 13.2 Å². The van der Waals surface area contributed by atoms with E-state index in [0.29, 0.717) is 18.0 Å². The van der Waals surface area contributed by atoms with Gasteiger partial charge in [0.05, 0.1) is 34.5 Å². The Labute approximate surface area is 205 Å². The molecule has 2 aliphatic heterocycles. The van der Waals surface area contributed by atoms with Gasteiger partial charge in [-0.2, -0.15) is 0 Å². The van der Waals surface area contributed by atoms with Crippen molar-refractivity contribution in [1.82, 2.24) is 10.0 Å². The van der Waals surface area contributed by atoms with Crippen molar-refractivity contribution in [3.63, 3.8) is 0 Å². The minimum atomic E-state index is -4.89. The van der Waals surface area contributed by atoms with E-state index in [1.165, 1.54) is 0 Å². The summed E-state index contributed by atoms with van der Waals surface area (Å²) in [6.07, 6.45) is -6.02. The van der Waals surface area contributed by atoms with Crippen LogP contribution in [0.1, 0.15) is 0 Å². The summed E-state index contributed by atoms with van der Waals surface area (Å²) in [5, 5.41) is 14.5. The van der Waals surface area contributed by atoms with Crippen LogP contribution in [0.3, 0.4) is 0 Å². The number of piperidine rings is 1. The van der Waals surface area contributed by atoms with Gasteiger partial charge >= 0.3 is 6.36 Å². The SMILES string of the molecule is O=S(=O)(NC1CNCC(N2c3ccccc3Oc3ccccc32)[C@H]1O)c1ccc(OC(F)(F)F)cc1. The minimum absolute atomic E-state index is 0.153. The number of nitrogens with one attached hydrogen (secondary N) is 2. The average Bonchev–Trinajstić information content (AvgIpc) is 2.83. The average molecular weight is 522 g/mol. The van der Waals surface area contributed by atoms with Crippen LogP contribution in [0.2, 0.25) is 0 Å². The van der Waals surface area contributed by atoms with E-state index < -0.39 is 40.3 Å². The summed E-state index contributed by atoms with van der Waals surface area (Å²) in [6.45, 7) is 0.519. The van der Waals surface area contributed by atoms with Gasteiger partial charge in [0.25, 0.3) is 0 Å². The Kier molecular flexibility index (Phi) is 6.29. The third-order valence-corrected chi connectivity index (χ3v) is 7.51. The summed E-state index contributed by atoms with van der Waals surface area (Å²) in [5.41, 5.74) is 1.46. The molecule has 2 unspecified atom stereocenters. The molecule has 0 saturated carbocycles. The van der Waals surface area contributed by atoms with Gasteiger partial charge in [0.15, 0.2) is 11.5 Å². The number of sulfonamides is 1. The van der Waals surface area contributed by atoms with Crippen molar-refractivity contribution >= 4 is 21.4 Å². The zero-order chi connectivity index (χ0) is 25.5. The molecular weight excluding hydrogens is 499 g/mol. The third-order valence-electron chi connectivity index (χ3n) is 6.00. The van der Waals surface area contributed by atoms with Gasteiger partial charge < -0.3 is 24.8 Å². The molecule has 1 saturated heterocycles. The second-order valence-electron chi connectivity index (χ2n) is 8.37. The number of hydrogen-bond acceptors (Lipinski definition) is 7. The predicted molar refractivity (Wildman–Crippen MR) is 125 cm³/mol. The third kappa shape index (κ3) is 4.85. The Bertz CT molecular complexity index is 1310. The lowest BCUT2D eigenvalue weighted by molar-refractivity contribution is -0.274. The van der Waals surface area contributed by atoms with Crippen LogP contribution < -0.4 is 24.4 Å². The van der Waals surface area contributed by atoms with Gasteiger partial charge in [-0.1, -0.05) is 24.3 Å². The number of ether oxygens (including phenoxy) is 2. The van der Waals surface area contributed by atoms with E-state index in [1.807, 2.05) is 53.4 Å². The van der Waals surface area contributed by atoms with Crippen LogP contribution in [0, 0.1) is 0 Å². The van der Waals surface area contributed by atoms with Crippen LogP contribution in [0.5, 0.6) is 17.2 Å². The molecule has 0 radical (unpaired) electrons. The maximum Gasteiger partial charge on any atom is 0.573 e. The molecule has 1 fully saturated rings. The topological polar surface area (TPSA) is 100 Å². The van der Waals surface area contributed by atoms with Crippen molar-refractivity contribution in [3.8, 4) is 17.2 Å². The fraction of sp³-hybridized carbons (Fsp3) is 0.250. The highest BCUT2D eigenvalue weighted by Crippen LogP contribution is 2.48. The van der Waals surface area contributed by atoms with E-state index in [2.05, 4.69) is 14.8 Å². The molecule has 0 aromatic heterocycles. The number of aliphatic hydroxyl groups is 1. The normalized spacial score (nSPS) is 21.8. The monoisotopic (exact) mass is 521 g/mol. The van der Waals surface area contributed by atoms with E-state index in [0.717, 1.165) is 35.6 Å². The molecule has 12 heteroatoms. The number of para-hydroxylation sites is 4. The number of fused-ring (bicyclic) bond motifs is 2. The van der Waals surface area contributed by atoms with Crippen LogP contribution >= 0.6 is 0 Å². The molecule has 2 aliphatic rings. The summed E-state index contributed by atoms with van der Waals surface area (Å²) in [4.78, 5) is 1.67. The van der Waals surface area contributed by atoms with E-state index in [4.69, 9.17) is 4.74 Å². The Morgan fingerprint density at radius 3 is 2.11 bits per heavy atom. The van der Waals surface area contributed by atoms with Crippen LogP contribution in [0.25, 0.3) is 0 Å². The van der Waals surface area contributed by atoms with E-state index in [1.54, 1.807) is 0 Å². The van der Waals surface area contributed by atoms with E-state index in [-0.39, 0.29) is 11.4 Å². The van der Waals surface area contributed by atoms with Gasteiger partial charge in [0.2, 0.25) is 10.0 Å². The van der Waals surface area contributed by atoms with Crippen LogP contribution in [-0.4, -0.2) is 51.2 Å². The van der Waals surface area contributed by atoms with Crippen LogP contribution in [0.4, 0.5) is 24.5 Å². The molecule has 0 spiro atoms. The van der Waals surface area contributed by atoms with Gasteiger partial charge in [-0.25, -0.2) is 13.1 Å². The highest BCUT2D eigenvalue weighted by atomic mass is 32.2. The summed E-state index contributed by atoms with van der Waals surface area (Å²) in [6, 6.07) is 17.1. The Morgan fingerprint density at radius 2 is 1.53 bits per heavy atom. The first-order chi connectivity index (χ1) is 17.1. The molecular formula is C24H22F3N3O5S. The van der Waals surface area contributed by atoms with Gasteiger partial charge in [0.1, 0.15) is 5.75 Å². The molecule has 3 aromatic carbocycles. The number of halogens is 3. The predicted octanol–water partition coefficient (Wildman–Crippen LogP) is 3.51. The van der Waals surface area contributed by atoms with Crippen molar-refractivity contribution in [2.24, 2.45) is 0 Å². The summed E-state index contributed by atoms with van der Waals surface area (Å²) in [5.74, 6) is 0.671. The van der Waals surface area contributed by atoms with Crippen LogP contribution in [-0.2, 0) is 10.0 Å². The summed E-state index contributed by atoms with van der Waals surface area (Å²) in [7, 11) is -4.16. The maximum absolute atomic E-state index is 13.0. The highest BCUT2D eigenvalue weighted by Gasteiger charge is 2.41. The second kappa shape index (κ2) is 9.28. The minimum Gasteiger partial charge on any atom is -0.453 e. The van der Waals surface area contributed by atoms with Crippen molar-refractivity contribution < 1.29 is 36.2 Å². The molecule has 5 rings (SSSR count). The van der Waals surface area contributed by atoms with Crippen molar-refractivity contribution in [2.75, 3.05) is 18.0 Å². The smallest absolute Gasteiger partial charge is 0.453 e. The van der Waals surface area contributed by atoms with Gasteiger partial charge in [-0.3, -0.25) is 0 Å². The van der Waals surface area contributed by atoms with Crippen LogP contribution in [0.15, 0.2) is 77.7 Å². The second-order valence-corrected chi connectivity index (χ2v) is 10.1. The Balaban J connectivity index is 1.39. The fourth-order valence-electron chi connectivity index (χ4n) is 4.43. The molecule has 0 aliphatic carbocycles. The first kappa shape index (κ1) is 24.4. The molecule has 0 bridgehead atoms. The number of nitrogens with zero attached hydrogens (tertiary/aromatic N) is 1. The molecule has 8 nitrogen and oxygen atoms in total. The van der Waals surface area contributed by atoms with E-state index >= 15 is 0 Å². The maximum atomic E-state index is 13.0. The first-order valence-electron chi connectivity index (χ1n) is 11.0. The zero-order valence-corrected chi connectivity index (χ0v) is 19.5. The fourth-order valence-corrected chi connectivity index (χ4v) is 5.68. The lowest BCUT2D eigenvalue weighted by Crippen LogP contribution is -2.64. The first-order valence-corrected chi connectivity index (χ1v) is 12.5. The number of benzene rings is 3. The van der Waals surface area contributed by atoms with Crippen molar-refractivity contribution in [1.29, 1.82) is 0 Å². The van der Waals surface area contributed by atoms with Gasteiger partial charge in [0, 0.05) is 13.1 Å². The summed E-state index contributed by atoms with van der Waals surface area (Å²) < 4.78 is 75.4. The molecule has 3 aromatic rings. The molecule has 36 heavy (non-hydrogen) atoms. The number of hydrogen-bond donors (Lipinski definition) is 3.